The van der Waals surface area contributed by atoms with Gasteiger partial charge in [0.05, 0.1) is 11.9 Å². The van der Waals surface area contributed by atoms with E-state index in [0.29, 0.717) is 18.4 Å². The van der Waals surface area contributed by atoms with Gasteiger partial charge in [-0.3, -0.25) is 14.4 Å². The molecule has 0 heterocycles. The number of unbranched alkanes of at least 4 members (excludes halogenated alkanes) is 6. The molecule has 7 nitrogen and oxygen atoms in total. The van der Waals surface area contributed by atoms with Crippen molar-refractivity contribution in [3.8, 4) is 0 Å². The van der Waals surface area contributed by atoms with Crippen molar-refractivity contribution in [1.29, 1.82) is 0 Å². The Morgan fingerprint density at radius 2 is 1.54 bits per heavy atom. The summed E-state index contributed by atoms with van der Waals surface area (Å²) in [7, 11) is -1.70. The van der Waals surface area contributed by atoms with Crippen LogP contribution in [-0.2, 0) is 9.59 Å². The Bertz CT molecular complexity index is 767. The van der Waals surface area contributed by atoms with E-state index in [9.17, 15) is 24.4 Å². The summed E-state index contributed by atoms with van der Waals surface area (Å²) in [6, 6.07) is 7.10. The molecule has 1 rings (SSSR count). The van der Waals surface area contributed by atoms with Crippen LogP contribution in [0.4, 0.5) is 0 Å². The van der Waals surface area contributed by atoms with Crippen LogP contribution in [0.15, 0.2) is 24.3 Å². The lowest BCUT2D eigenvalue weighted by Crippen LogP contribution is -2.50. The number of carbonyl (C=O) groups excluding carboxylic acids is 3. The summed E-state index contributed by atoms with van der Waals surface area (Å²) in [4.78, 5) is 38.2. The van der Waals surface area contributed by atoms with Gasteiger partial charge < -0.3 is 20.7 Å². The van der Waals surface area contributed by atoms with Crippen LogP contribution >= 0.6 is 0 Å². The van der Waals surface area contributed by atoms with E-state index >= 15 is 0 Å². The van der Waals surface area contributed by atoms with Crippen molar-refractivity contribution in [2.24, 2.45) is 11.8 Å². The molecule has 0 aliphatic rings. The topological polar surface area (TPSA) is 116 Å². The maximum atomic E-state index is 13.0. The van der Waals surface area contributed by atoms with Crippen LogP contribution in [0.1, 0.15) is 101 Å². The number of benzene rings is 1. The molecule has 4 N–H and O–H groups in total. The minimum Gasteiger partial charge on any atom is -0.426 e. The fraction of sp³-hybridized carbons (Fsp3) is 0.667. The molecule has 0 aliphatic heterocycles. The van der Waals surface area contributed by atoms with Crippen molar-refractivity contribution in [1.82, 2.24) is 10.6 Å². The maximum Gasteiger partial charge on any atom is 0.475 e. The third kappa shape index (κ3) is 13.5. The van der Waals surface area contributed by atoms with Gasteiger partial charge in [-0.15, -0.1) is 0 Å². The number of amides is 2. The molecule has 0 fully saturated rings. The average molecular weight is 488 g/mol. The molecule has 196 valence electrons. The third-order valence-corrected chi connectivity index (χ3v) is 6.14. The largest absolute Gasteiger partial charge is 0.475 e. The predicted octanol–water partition coefficient (Wildman–Crippen LogP) is 3.98. The van der Waals surface area contributed by atoms with Crippen molar-refractivity contribution in [2.45, 2.75) is 97.8 Å². The normalized spacial score (nSPS) is 12.8. The number of hydrogen-bond donors (Lipinski definition) is 4. The first-order chi connectivity index (χ1) is 16.6. The first-order valence-corrected chi connectivity index (χ1v) is 13.2. The molecule has 2 atom stereocenters. The van der Waals surface area contributed by atoms with Gasteiger partial charge in [-0.25, -0.2) is 0 Å². The van der Waals surface area contributed by atoms with E-state index < -0.39 is 24.9 Å². The van der Waals surface area contributed by atoms with E-state index in [1.54, 1.807) is 12.1 Å². The lowest BCUT2D eigenvalue weighted by molar-refractivity contribution is -0.129. The number of rotatable bonds is 18. The Labute approximate surface area is 211 Å². The second-order valence-electron chi connectivity index (χ2n) is 10.0. The van der Waals surface area contributed by atoms with Gasteiger partial charge in [0.25, 0.3) is 5.91 Å². The van der Waals surface area contributed by atoms with Gasteiger partial charge in [-0.05, 0) is 37.8 Å². The van der Waals surface area contributed by atoms with Crippen LogP contribution in [0.5, 0.6) is 0 Å². The van der Waals surface area contributed by atoms with E-state index in [1.165, 1.54) is 25.7 Å². The lowest BCUT2D eigenvalue weighted by atomic mass is 9.74. The zero-order valence-electron chi connectivity index (χ0n) is 22.0. The highest BCUT2D eigenvalue weighted by molar-refractivity contribution is 6.43. The van der Waals surface area contributed by atoms with Crippen LogP contribution in [0, 0.1) is 18.8 Å². The first kappa shape index (κ1) is 30.8. The van der Waals surface area contributed by atoms with E-state index in [2.05, 4.69) is 17.6 Å². The Kier molecular flexibility index (Phi) is 15.2. The highest BCUT2D eigenvalue weighted by Crippen LogP contribution is 2.14. The summed E-state index contributed by atoms with van der Waals surface area (Å²) in [5, 5.41) is 24.8. The molecule has 8 heteroatoms. The Hall–Kier alpha value is -2.19. The molecule has 0 saturated carbocycles. The minimum atomic E-state index is -1.70. The number of hydrogen-bond acceptors (Lipinski definition) is 5. The second kappa shape index (κ2) is 17.3. The Morgan fingerprint density at radius 1 is 0.943 bits per heavy atom. The van der Waals surface area contributed by atoms with Crippen molar-refractivity contribution in [3.63, 3.8) is 0 Å². The van der Waals surface area contributed by atoms with Gasteiger partial charge >= 0.3 is 7.12 Å². The van der Waals surface area contributed by atoms with Gasteiger partial charge in [0.1, 0.15) is 5.78 Å². The molecule has 1 aromatic rings. The van der Waals surface area contributed by atoms with Gasteiger partial charge in [0.2, 0.25) is 5.91 Å². The number of Topliss-reactive ketones (excluding diaryl/α,β-unsaturated/α-hetero) is 1. The molecular formula is C27H45BN2O5. The quantitative estimate of drug-likeness (QED) is 0.184. The molecule has 35 heavy (non-hydrogen) atoms. The van der Waals surface area contributed by atoms with Gasteiger partial charge in [0.15, 0.2) is 0 Å². The number of aryl methyl sites for hydroxylation is 1. The van der Waals surface area contributed by atoms with Crippen LogP contribution < -0.4 is 10.6 Å². The molecule has 0 radical (unpaired) electrons. The minimum absolute atomic E-state index is 0.00275. The fourth-order valence-corrected chi connectivity index (χ4v) is 4.00. The predicted molar refractivity (Wildman–Crippen MR) is 141 cm³/mol. The molecule has 0 spiro atoms. The number of ketones is 1. The second-order valence-corrected chi connectivity index (χ2v) is 10.0. The highest BCUT2D eigenvalue weighted by Gasteiger charge is 2.30. The summed E-state index contributed by atoms with van der Waals surface area (Å²) in [5.41, 5.74) is 1.51. The SMILES string of the molecule is CCCCCCCCCC(=O)C[C@@H](CNC(=O)c1ccc(C)cc1)C(=O)N[C@@H](CC(C)C)B(O)O. The van der Waals surface area contributed by atoms with E-state index in [1.807, 2.05) is 32.9 Å². The van der Waals surface area contributed by atoms with Crippen LogP contribution in [-0.4, -0.2) is 47.2 Å². The maximum absolute atomic E-state index is 13.0. The summed E-state index contributed by atoms with van der Waals surface area (Å²) in [6.45, 7) is 7.96. The molecule has 1 aromatic carbocycles. The zero-order valence-corrected chi connectivity index (χ0v) is 22.0. The molecule has 0 unspecified atom stereocenters. The molecular weight excluding hydrogens is 443 g/mol. The molecule has 0 saturated heterocycles. The van der Waals surface area contributed by atoms with E-state index in [4.69, 9.17) is 0 Å². The van der Waals surface area contributed by atoms with Crippen molar-refractivity contribution < 1.29 is 24.4 Å². The van der Waals surface area contributed by atoms with Crippen molar-refractivity contribution in [3.05, 3.63) is 35.4 Å². The third-order valence-electron chi connectivity index (χ3n) is 6.14. The monoisotopic (exact) mass is 488 g/mol. The van der Waals surface area contributed by atoms with Crippen LogP contribution in [0.3, 0.4) is 0 Å². The van der Waals surface area contributed by atoms with Gasteiger partial charge in [-0.1, -0.05) is 77.0 Å². The van der Waals surface area contributed by atoms with Crippen LogP contribution in [0.2, 0.25) is 0 Å². The van der Waals surface area contributed by atoms with E-state index in [0.717, 1.165) is 24.8 Å². The smallest absolute Gasteiger partial charge is 0.426 e. The standard InChI is InChI=1S/C27H45BN2O5/c1-5-6-7-8-9-10-11-12-24(31)18-23(27(33)30-25(28(34)35)17-20(2)3)19-29-26(32)22-15-13-21(4)14-16-22/h13-16,20,23,25,34-35H,5-12,17-19H2,1-4H3,(H,29,32)(H,30,33)/t23-,25-/m0/s1. The lowest BCUT2D eigenvalue weighted by Gasteiger charge is -2.23. The number of nitrogens with one attached hydrogen (secondary N) is 2. The van der Waals surface area contributed by atoms with Gasteiger partial charge in [-0.2, -0.15) is 0 Å². The summed E-state index contributed by atoms with van der Waals surface area (Å²) in [5.74, 6) is -2.27. The van der Waals surface area contributed by atoms with Crippen molar-refractivity contribution in [2.75, 3.05) is 6.54 Å². The molecule has 2 amide bonds. The van der Waals surface area contributed by atoms with Crippen molar-refractivity contribution >= 4 is 24.7 Å². The molecule has 0 aliphatic carbocycles. The summed E-state index contributed by atoms with van der Waals surface area (Å²) >= 11 is 0. The molecule has 0 aromatic heterocycles. The number of carbonyl (C=O) groups is 3. The highest BCUT2D eigenvalue weighted by atomic mass is 16.4. The first-order valence-electron chi connectivity index (χ1n) is 13.2. The molecule has 0 bridgehead atoms. The summed E-state index contributed by atoms with van der Waals surface area (Å²) < 4.78 is 0. The fourth-order valence-electron chi connectivity index (χ4n) is 4.00. The average Bonchev–Trinajstić information content (AvgIpc) is 2.80. The zero-order chi connectivity index (χ0) is 26.2. The Morgan fingerprint density at radius 3 is 2.11 bits per heavy atom. The Balaban J connectivity index is 2.72. The van der Waals surface area contributed by atoms with Crippen LogP contribution in [0.25, 0.3) is 0 Å². The van der Waals surface area contributed by atoms with Gasteiger partial charge in [0, 0.05) is 24.9 Å². The summed E-state index contributed by atoms with van der Waals surface area (Å²) in [6.07, 6.45) is 8.53. The van der Waals surface area contributed by atoms with E-state index in [-0.39, 0.29) is 30.6 Å².